The third-order valence-electron chi connectivity index (χ3n) is 5.23. The first-order valence-corrected chi connectivity index (χ1v) is 9.56. The van der Waals surface area contributed by atoms with Crippen molar-refractivity contribution in [1.82, 2.24) is 4.98 Å². The van der Waals surface area contributed by atoms with E-state index in [1.54, 1.807) is 0 Å². The van der Waals surface area contributed by atoms with Crippen LogP contribution in [0.2, 0.25) is 0 Å². The van der Waals surface area contributed by atoms with Crippen LogP contribution < -0.4 is 0 Å². The lowest BCUT2D eigenvalue weighted by molar-refractivity contribution is 0.576. The first-order valence-electron chi connectivity index (χ1n) is 9.56. The van der Waals surface area contributed by atoms with E-state index in [1.165, 1.54) is 24.0 Å². The SMILES string of the molecule is C(=C\c1oc(-c2ccc(C3CC3)cc2)c2cnccc12)/Cc1ccccc1. The van der Waals surface area contributed by atoms with Crippen LogP contribution in [-0.4, -0.2) is 4.98 Å². The fourth-order valence-corrected chi connectivity index (χ4v) is 3.59. The van der Waals surface area contributed by atoms with Crippen LogP contribution in [0.5, 0.6) is 0 Å². The fourth-order valence-electron chi connectivity index (χ4n) is 3.59. The third-order valence-corrected chi connectivity index (χ3v) is 5.23. The van der Waals surface area contributed by atoms with Crippen LogP contribution in [0.25, 0.3) is 28.2 Å². The molecular weight excluding hydrogens is 330 g/mol. The Morgan fingerprint density at radius 1 is 0.926 bits per heavy atom. The zero-order valence-corrected chi connectivity index (χ0v) is 15.1. The van der Waals surface area contributed by atoms with Crippen molar-refractivity contribution in [2.24, 2.45) is 0 Å². The summed E-state index contributed by atoms with van der Waals surface area (Å²) in [5.41, 5.74) is 3.85. The topological polar surface area (TPSA) is 26.0 Å². The fraction of sp³-hybridized carbons (Fsp3) is 0.160. The molecule has 0 atom stereocenters. The van der Waals surface area contributed by atoms with Crippen LogP contribution in [0.15, 0.2) is 83.6 Å². The Balaban J connectivity index is 1.48. The molecule has 2 heterocycles. The van der Waals surface area contributed by atoms with E-state index < -0.39 is 0 Å². The maximum atomic E-state index is 6.28. The van der Waals surface area contributed by atoms with E-state index in [2.05, 4.69) is 65.7 Å². The third kappa shape index (κ3) is 3.31. The molecule has 0 unspecified atom stereocenters. The number of nitrogens with zero attached hydrogens (tertiary/aromatic N) is 1. The van der Waals surface area contributed by atoms with Crippen LogP contribution in [0.1, 0.15) is 35.6 Å². The Morgan fingerprint density at radius 3 is 2.52 bits per heavy atom. The number of aromatic nitrogens is 1. The van der Waals surface area contributed by atoms with Crippen molar-refractivity contribution in [2.75, 3.05) is 0 Å². The normalized spacial score (nSPS) is 14.2. The van der Waals surface area contributed by atoms with Gasteiger partial charge in [-0.1, -0.05) is 60.7 Å². The lowest BCUT2D eigenvalue weighted by Gasteiger charge is -2.01. The second-order valence-corrected chi connectivity index (χ2v) is 7.21. The van der Waals surface area contributed by atoms with Crippen molar-refractivity contribution in [3.63, 3.8) is 0 Å². The number of pyridine rings is 1. The minimum Gasteiger partial charge on any atom is -0.455 e. The Hall–Kier alpha value is -3.13. The van der Waals surface area contributed by atoms with Gasteiger partial charge in [0.05, 0.1) is 0 Å². The summed E-state index contributed by atoms with van der Waals surface area (Å²) in [4.78, 5) is 4.31. The van der Waals surface area contributed by atoms with Crippen molar-refractivity contribution in [1.29, 1.82) is 0 Å². The van der Waals surface area contributed by atoms with E-state index in [0.717, 1.165) is 40.2 Å². The lowest BCUT2D eigenvalue weighted by Crippen LogP contribution is -1.80. The molecular formula is C25H21NO. The summed E-state index contributed by atoms with van der Waals surface area (Å²) < 4.78 is 6.28. The largest absolute Gasteiger partial charge is 0.455 e. The Labute approximate surface area is 159 Å². The van der Waals surface area contributed by atoms with Gasteiger partial charge in [-0.15, -0.1) is 0 Å². The number of furan rings is 1. The monoisotopic (exact) mass is 351 g/mol. The molecule has 0 aliphatic heterocycles. The van der Waals surface area contributed by atoms with Gasteiger partial charge in [0.25, 0.3) is 0 Å². The van der Waals surface area contributed by atoms with Crippen LogP contribution in [0.3, 0.4) is 0 Å². The minimum absolute atomic E-state index is 0.769. The number of hydrogen-bond acceptors (Lipinski definition) is 2. The molecule has 0 N–H and O–H groups in total. The van der Waals surface area contributed by atoms with Crippen molar-refractivity contribution >= 4 is 16.8 Å². The molecule has 1 fully saturated rings. The van der Waals surface area contributed by atoms with E-state index in [-0.39, 0.29) is 0 Å². The average Bonchev–Trinajstić information content (AvgIpc) is 3.52. The maximum absolute atomic E-state index is 6.28. The van der Waals surface area contributed by atoms with Gasteiger partial charge >= 0.3 is 0 Å². The summed E-state index contributed by atoms with van der Waals surface area (Å²) >= 11 is 0. The Kier molecular flexibility index (Phi) is 4.10. The molecule has 2 aromatic heterocycles. The number of fused-ring (bicyclic) bond motifs is 1. The highest BCUT2D eigenvalue weighted by Gasteiger charge is 2.23. The van der Waals surface area contributed by atoms with E-state index in [9.17, 15) is 0 Å². The van der Waals surface area contributed by atoms with E-state index in [1.807, 2.05) is 24.5 Å². The highest BCUT2D eigenvalue weighted by Crippen LogP contribution is 2.41. The molecule has 27 heavy (non-hydrogen) atoms. The van der Waals surface area contributed by atoms with Crippen molar-refractivity contribution in [3.8, 4) is 11.3 Å². The first kappa shape index (κ1) is 16.1. The predicted molar refractivity (Wildman–Crippen MR) is 111 cm³/mol. The molecule has 4 aromatic rings. The van der Waals surface area contributed by atoms with E-state index >= 15 is 0 Å². The molecule has 132 valence electrons. The molecule has 1 aliphatic rings. The molecule has 2 aromatic carbocycles. The molecule has 0 bridgehead atoms. The molecule has 2 nitrogen and oxygen atoms in total. The van der Waals surface area contributed by atoms with Gasteiger partial charge in [-0.05, 0) is 48.4 Å². The minimum atomic E-state index is 0.769. The van der Waals surface area contributed by atoms with Crippen LogP contribution >= 0.6 is 0 Å². The zero-order valence-electron chi connectivity index (χ0n) is 15.1. The van der Waals surface area contributed by atoms with Gasteiger partial charge < -0.3 is 4.42 Å². The van der Waals surface area contributed by atoms with Gasteiger partial charge in [0.2, 0.25) is 0 Å². The molecule has 1 aliphatic carbocycles. The smallest absolute Gasteiger partial charge is 0.144 e. The summed E-state index contributed by atoms with van der Waals surface area (Å²) in [5, 5.41) is 2.17. The highest BCUT2D eigenvalue weighted by molar-refractivity contribution is 5.98. The summed E-state index contributed by atoms with van der Waals surface area (Å²) in [5.74, 6) is 2.56. The number of benzene rings is 2. The molecule has 0 saturated heterocycles. The average molecular weight is 351 g/mol. The van der Waals surface area contributed by atoms with Crippen LogP contribution in [-0.2, 0) is 6.42 Å². The molecule has 0 amide bonds. The van der Waals surface area contributed by atoms with E-state index in [4.69, 9.17) is 4.42 Å². The first-order chi connectivity index (χ1) is 13.4. The second-order valence-electron chi connectivity index (χ2n) is 7.21. The molecule has 1 saturated carbocycles. The predicted octanol–water partition coefficient (Wildman–Crippen LogP) is 6.63. The highest BCUT2D eigenvalue weighted by atomic mass is 16.3. The van der Waals surface area contributed by atoms with Gasteiger partial charge in [-0.3, -0.25) is 4.98 Å². The molecule has 5 rings (SSSR count). The van der Waals surface area contributed by atoms with E-state index in [0.29, 0.717) is 0 Å². The van der Waals surface area contributed by atoms with Crippen molar-refractivity contribution in [3.05, 3.63) is 96.0 Å². The lowest BCUT2D eigenvalue weighted by atomic mass is 10.0. The summed E-state index contributed by atoms with van der Waals surface area (Å²) in [6.45, 7) is 0. The number of rotatable bonds is 5. The molecule has 2 heteroatoms. The number of allylic oxidation sites excluding steroid dienone is 1. The van der Waals surface area contributed by atoms with Gasteiger partial charge in [0.15, 0.2) is 0 Å². The van der Waals surface area contributed by atoms with Gasteiger partial charge in [0.1, 0.15) is 11.5 Å². The maximum Gasteiger partial charge on any atom is 0.144 e. The Bertz CT molecular complexity index is 1090. The van der Waals surface area contributed by atoms with Gasteiger partial charge in [-0.2, -0.15) is 0 Å². The standard InChI is InChI=1S/C25H21NO/c1-2-5-18(6-3-1)7-4-8-24-22-15-16-26-17-23(22)25(27-24)21-13-11-20(12-14-21)19-9-10-19/h1-6,8,11-17,19H,7,9-10H2/b8-4+. The molecule has 0 spiro atoms. The summed E-state index contributed by atoms with van der Waals surface area (Å²) in [6, 6.07) is 21.3. The van der Waals surface area contributed by atoms with Crippen LogP contribution in [0, 0.1) is 0 Å². The molecule has 0 radical (unpaired) electrons. The second kappa shape index (κ2) is 6.88. The number of hydrogen-bond donors (Lipinski definition) is 0. The quantitative estimate of drug-likeness (QED) is 0.403. The summed E-state index contributed by atoms with van der Waals surface area (Å²) in [6.07, 6.45) is 11.5. The van der Waals surface area contributed by atoms with Gasteiger partial charge in [0, 0.05) is 28.7 Å². The van der Waals surface area contributed by atoms with Crippen molar-refractivity contribution < 1.29 is 4.42 Å². The zero-order chi connectivity index (χ0) is 18.1. The van der Waals surface area contributed by atoms with Gasteiger partial charge in [-0.25, -0.2) is 0 Å². The van der Waals surface area contributed by atoms with Crippen LogP contribution in [0.4, 0.5) is 0 Å². The Morgan fingerprint density at radius 2 is 1.74 bits per heavy atom. The summed E-state index contributed by atoms with van der Waals surface area (Å²) in [7, 11) is 0. The van der Waals surface area contributed by atoms with Crippen molar-refractivity contribution in [2.45, 2.75) is 25.2 Å².